The topological polar surface area (TPSA) is 32.7 Å². The van der Waals surface area contributed by atoms with E-state index in [1.54, 1.807) is 0 Å². The van der Waals surface area contributed by atoms with Crippen LogP contribution in [0.15, 0.2) is 0 Å². The van der Waals surface area contributed by atoms with Crippen molar-refractivity contribution in [3.63, 3.8) is 0 Å². The molecule has 3 aliphatic rings. The number of ether oxygens (including phenoxy) is 1. The molecule has 1 N–H and O–H groups in total. The summed E-state index contributed by atoms with van der Waals surface area (Å²) < 4.78 is 6.25. The van der Waals surface area contributed by atoms with Gasteiger partial charge in [-0.2, -0.15) is 0 Å². The molecule has 2 aliphatic carbocycles. The van der Waals surface area contributed by atoms with E-state index in [0.717, 1.165) is 25.6 Å². The lowest BCUT2D eigenvalue weighted by atomic mass is 9.70. The van der Waals surface area contributed by atoms with Crippen molar-refractivity contribution in [2.24, 2.45) is 16.7 Å². The minimum absolute atomic E-state index is 0.278. The molecule has 1 saturated heterocycles. The van der Waals surface area contributed by atoms with Crippen LogP contribution in [0.1, 0.15) is 52.9 Å². The summed E-state index contributed by atoms with van der Waals surface area (Å²) in [6.45, 7) is 10.7. The van der Waals surface area contributed by atoms with Crippen molar-refractivity contribution in [1.82, 2.24) is 4.90 Å². The van der Waals surface area contributed by atoms with Gasteiger partial charge < -0.3 is 14.7 Å². The highest BCUT2D eigenvalue weighted by Crippen LogP contribution is 2.63. The SMILES string of the molecule is CC12CCC(C1)C(C)(C)C2OCC(O)CN1CCCC1. The van der Waals surface area contributed by atoms with Gasteiger partial charge in [-0.1, -0.05) is 20.8 Å². The average molecular weight is 281 g/mol. The summed E-state index contributed by atoms with van der Waals surface area (Å²) in [4.78, 5) is 2.36. The van der Waals surface area contributed by atoms with E-state index in [9.17, 15) is 5.11 Å². The largest absolute Gasteiger partial charge is 0.389 e. The lowest BCUT2D eigenvalue weighted by Gasteiger charge is -2.42. The van der Waals surface area contributed by atoms with Crippen molar-refractivity contribution >= 4 is 0 Å². The van der Waals surface area contributed by atoms with Crippen LogP contribution in [0.3, 0.4) is 0 Å². The second kappa shape index (κ2) is 5.26. The molecule has 1 heterocycles. The van der Waals surface area contributed by atoms with Crippen LogP contribution in [-0.2, 0) is 4.74 Å². The molecule has 116 valence electrons. The molecule has 0 aromatic heterocycles. The molecule has 0 radical (unpaired) electrons. The highest BCUT2D eigenvalue weighted by Gasteiger charge is 2.60. The van der Waals surface area contributed by atoms with Gasteiger partial charge in [0.05, 0.1) is 18.8 Å². The Balaban J connectivity index is 1.52. The molecule has 0 aromatic carbocycles. The molecule has 4 atom stereocenters. The average Bonchev–Trinajstić information content (AvgIpc) is 3.02. The maximum absolute atomic E-state index is 10.2. The van der Waals surface area contributed by atoms with Crippen LogP contribution < -0.4 is 0 Å². The molecule has 3 rings (SSSR count). The molecule has 0 spiro atoms. The fourth-order valence-corrected chi connectivity index (χ4v) is 5.20. The number of aliphatic hydroxyl groups is 1. The Bertz CT molecular complexity index is 346. The number of β-amino-alcohol motifs (C(OH)–C–C–N with tert-alkyl or cyclic N) is 1. The number of fused-ring (bicyclic) bond motifs is 2. The third-order valence-electron chi connectivity index (χ3n) is 6.26. The van der Waals surface area contributed by atoms with Gasteiger partial charge in [-0.15, -0.1) is 0 Å². The van der Waals surface area contributed by atoms with E-state index in [-0.39, 0.29) is 11.5 Å². The minimum atomic E-state index is -0.327. The number of hydrogen-bond acceptors (Lipinski definition) is 3. The fourth-order valence-electron chi connectivity index (χ4n) is 5.20. The van der Waals surface area contributed by atoms with Gasteiger partial charge in [0, 0.05) is 6.54 Å². The summed E-state index contributed by atoms with van der Waals surface area (Å²) in [6, 6.07) is 0. The quantitative estimate of drug-likeness (QED) is 0.841. The summed E-state index contributed by atoms with van der Waals surface area (Å²) in [5.41, 5.74) is 0.627. The molecule has 3 fully saturated rings. The Hall–Kier alpha value is -0.120. The highest BCUT2D eigenvalue weighted by atomic mass is 16.5. The van der Waals surface area contributed by atoms with Crippen LogP contribution in [0.2, 0.25) is 0 Å². The van der Waals surface area contributed by atoms with Crippen molar-refractivity contribution in [3.05, 3.63) is 0 Å². The zero-order valence-corrected chi connectivity index (χ0v) is 13.4. The summed E-state index contributed by atoms with van der Waals surface area (Å²) in [6.07, 6.45) is 6.53. The summed E-state index contributed by atoms with van der Waals surface area (Å²) in [7, 11) is 0. The van der Waals surface area contributed by atoms with Crippen LogP contribution >= 0.6 is 0 Å². The lowest BCUT2D eigenvalue weighted by Crippen LogP contribution is -2.44. The molecule has 4 unspecified atom stereocenters. The van der Waals surface area contributed by atoms with Crippen molar-refractivity contribution in [2.45, 2.75) is 65.1 Å². The molecule has 3 heteroatoms. The van der Waals surface area contributed by atoms with E-state index in [4.69, 9.17) is 4.74 Å². The zero-order chi connectivity index (χ0) is 14.4. The molecule has 2 bridgehead atoms. The van der Waals surface area contributed by atoms with Crippen LogP contribution in [0, 0.1) is 16.7 Å². The molecule has 3 nitrogen and oxygen atoms in total. The van der Waals surface area contributed by atoms with Gasteiger partial charge in [0.2, 0.25) is 0 Å². The third-order valence-corrected chi connectivity index (χ3v) is 6.26. The first kappa shape index (κ1) is 14.8. The smallest absolute Gasteiger partial charge is 0.0900 e. The number of aliphatic hydroxyl groups excluding tert-OH is 1. The van der Waals surface area contributed by atoms with Gasteiger partial charge in [0.25, 0.3) is 0 Å². The van der Waals surface area contributed by atoms with Crippen molar-refractivity contribution < 1.29 is 9.84 Å². The van der Waals surface area contributed by atoms with E-state index in [0.29, 0.717) is 18.1 Å². The molecule has 20 heavy (non-hydrogen) atoms. The Labute approximate surface area is 123 Å². The minimum Gasteiger partial charge on any atom is -0.389 e. The standard InChI is InChI=1S/C17H31NO2/c1-16(2)13-6-7-17(3,10-13)15(16)20-12-14(19)11-18-8-4-5-9-18/h13-15,19H,4-12H2,1-3H3. The van der Waals surface area contributed by atoms with Crippen LogP contribution in [0.25, 0.3) is 0 Å². The number of nitrogens with zero attached hydrogens (tertiary/aromatic N) is 1. The highest BCUT2D eigenvalue weighted by molar-refractivity contribution is 5.09. The van der Waals surface area contributed by atoms with Crippen LogP contribution in [0.5, 0.6) is 0 Å². The van der Waals surface area contributed by atoms with E-state index >= 15 is 0 Å². The van der Waals surface area contributed by atoms with Gasteiger partial charge in [-0.25, -0.2) is 0 Å². The zero-order valence-electron chi connectivity index (χ0n) is 13.4. The molecule has 0 aromatic rings. The molecule has 1 aliphatic heterocycles. The van der Waals surface area contributed by atoms with Crippen molar-refractivity contribution in [3.8, 4) is 0 Å². The maximum Gasteiger partial charge on any atom is 0.0900 e. The Kier molecular flexibility index (Phi) is 3.89. The summed E-state index contributed by atoms with van der Waals surface area (Å²) in [5, 5.41) is 10.2. The second-order valence-corrected chi connectivity index (χ2v) is 8.29. The first-order chi connectivity index (χ1) is 9.42. The van der Waals surface area contributed by atoms with Gasteiger partial charge in [-0.3, -0.25) is 0 Å². The fraction of sp³-hybridized carbons (Fsp3) is 1.00. The normalized spacial score (nSPS) is 41.4. The first-order valence-corrected chi connectivity index (χ1v) is 8.44. The molecule has 2 saturated carbocycles. The Morgan fingerprint density at radius 1 is 1.25 bits per heavy atom. The predicted molar refractivity (Wildman–Crippen MR) is 80.6 cm³/mol. The van der Waals surface area contributed by atoms with Crippen molar-refractivity contribution in [1.29, 1.82) is 0 Å². The monoisotopic (exact) mass is 281 g/mol. The van der Waals surface area contributed by atoms with E-state index in [2.05, 4.69) is 25.7 Å². The predicted octanol–water partition coefficient (Wildman–Crippen LogP) is 2.67. The Morgan fingerprint density at radius 2 is 1.95 bits per heavy atom. The van der Waals surface area contributed by atoms with Gasteiger partial charge in [0.15, 0.2) is 0 Å². The second-order valence-electron chi connectivity index (χ2n) is 8.29. The van der Waals surface area contributed by atoms with E-state index in [1.807, 2.05) is 0 Å². The molecular formula is C17H31NO2. The van der Waals surface area contributed by atoms with Crippen LogP contribution in [0.4, 0.5) is 0 Å². The lowest BCUT2D eigenvalue weighted by molar-refractivity contribution is -0.113. The first-order valence-electron chi connectivity index (χ1n) is 8.44. The summed E-state index contributed by atoms with van der Waals surface area (Å²) >= 11 is 0. The van der Waals surface area contributed by atoms with E-state index < -0.39 is 0 Å². The van der Waals surface area contributed by atoms with Gasteiger partial charge >= 0.3 is 0 Å². The third kappa shape index (κ3) is 2.53. The number of rotatable bonds is 5. The number of hydrogen-bond donors (Lipinski definition) is 1. The van der Waals surface area contributed by atoms with Crippen molar-refractivity contribution in [2.75, 3.05) is 26.2 Å². The van der Waals surface area contributed by atoms with E-state index in [1.165, 1.54) is 32.1 Å². The van der Waals surface area contributed by atoms with Crippen LogP contribution in [-0.4, -0.2) is 48.5 Å². The maximum atomic E-state index is 10.2. The van der Waals surface area contributed by atoms with Gasteiger partial charge in [0.1, 0.15) is 0 Å². The molecular weight excluding hydrogens is 250 g/mol. The number of likely N-dealkylation sites (tertiary alicyclic amines) is 1. The molecule has 0 amide bonds. The summed E-state index contributed by atoms with van der Waals surface area (Å²) in [5.74, 6) is 0.813. The Morgan fingerprint density at radius 3 is 2.55 bits per heavy atom. The van der Waals surface area contributed by atoms with Gasteiger partial charge in [-0.05, 0) is 61.9 Å².